The summed E-state index contributed by atoms with van der Waals surface area (Å²) in [5.41, 5.74) is -7.63. The van der Waals surface area contributed by atoms with E-state index in [0.29, 0.717) is 25.7 Å². The van der Waals surface area contributed by atoms with Crippen molar-refractivity contribution < 1.29 is 189 Å². The van der Waals surface area contributed by atoms with Crippen molar-refractivity contribution in [1.29, 1.82) is 0 Å². The van der Waals surface area contributed by atoms with E-state index in [0.717, 1.165) is 5.57 Å². The second-order valence-corrected chi connectivity index (χ2v) is 33.5. The molecule has 0 amide bonds. The first-order chi connectivity index (χ1) is 50.3. The third-order valence-corrected chi connectivity index (χ3v) is 26.8. The molecule has 30 unspecified atom stereocenters. The largest absolute Gasteiger partial charge is 0.432 e. The van der Waals surface area contributed by atoms with Crippen LogP contribution in [-0.4, -0.2) is 391 Å². The second kappa shape index (κ2) is 31.8. The summed E-state index contributed by atoms with van der Waals surface area (Å²) in [7, 11) is 0. The van der Waals surface area contributed by atoms with E-state index in [4.69, 9.17) is 66.3 Å². The molecule has 0 aromatic carbocycles. The average molecular weight is 1550 g/mol. The van der Waals surface area contributed by atoms with Crippen LogP contribution in [-0.2, 0) is 71.1 Å². The number of aliphatic hydroxyl groups excluding tert-OH is 22. The predicted molar refractivity (Wildman–Crippen MR) is 347 cm³/mol. The SMILES string of the molecule is CC1OC(OC2C(OC(=O)[C@]34CCC(C)(C)C[C@H]3C3=CC[C@@H]5[C@@]6(C)CC(O)[C@H](OC7OC(COC8OC(COC9OC(CO)C(O)C(O)C9O)C(O)C(O)C8O)C(O)C(O)[C@H]7O)C(CO)(CO)[C@@H]6CC[C@@]5(C)[C@]3(C)C[C@H]4O)OCC(O)C2O)C(O)C(O)C1OC1OCC(O)C(OC2OC[C@](O)(CO)C2O)C1O. The molecule has 107 heavy (non-hydrogen) atoms. The standard InChI is InChI=1S/C69H112O38/c1-25-50(103-57-49(90)51(30(76)18-94-57)104-61-53(91)68(93,23-73)24-98-61)44(85)48(89)58(99-25)105-52-37(78)29(75)17-95-60(52)107-62(92)69-12-11-63(2,3)13-27(69)26-7-8-34-64(4)14-28(74)54(67(21-71,22-72)35(64)9-10-65(34,5)66(26,6)15-36(69)77)106-59-47(88)43(84)40(81)33(102-59)20-97-56-46(87)42(83)39(80)32(101-56)19-96-55-45(86)41(82)38(79)31(16-70)100-55/h7,25,27-61,70-91,93H,8-24H2,1-6H3/t25?,27-,28?,29?,30?,31?,32?,33?,34+,35+,36+,37?,38?,39?,40?,41?,42?,43?,44?,45?,46?,47+,48?,49?,50?,51?,52?,53?,54-,55?,56?,57?,58?,59?,60?,61?,64+,65+,66+,68+,69+/m0/s1. The number of esters is 1. The Bertz CT molecular complexity index is 3050. The molecule has 0 aromatic heterocycles. The Morgan fingerprint density at radius 2 is 1.04 bits per heavy atom. The Balaban J connectivity index is 0.725. The molecular formula is C69H112O38. The maximum Gasteiger partial charge on any atom is 0.317 e. The highest BCUT2D eigenvalue weighted by molar-refractivity contribution is 5.80. The van der Waals surface area contributed by atoms with Crippen LogP contribution in [0.1, 0.15) is 92.9 Å². The van der Waals surface area contributed by atoms with Gasteiger partial charge in [-0.2, -0.15) is 0 Å². The molecule has 4 saturated carbocycles. The van der Waals surface area contributed by atoms with Crippen molar-refractivity contribution in [3.63, 3.8) is 0 Å². The number of ether oxygens (including phenoxy) is 14. The first-order valence-corrected chi connectivity index (χ1v) is 36.9. The summed E-state index contributed by atoms with van der Waals surface area (Å²) in [6.07, 6.45) is -53.4. The van der Waals surface area contributed by atoms with Crippen molar-refractivity contribution in [1.82, 2.24) is 0 Å². The van der Waals surface area contributed by atoms with E-state index in [-0.39, 0.29) is 31.6 Å². The Hall–Kier alpha value is -2.23. The highest BCUT2D eigenvalue weighted by Crippen LogP contribution is 2.76. The molecule has 41 atom stereocenters. The van der Waals surface area contributed by atoms with Crippen LogP contribution in [0.4, 0.5) is 0 Å². The van der Waals surface area contributed by atoms with Crippen molar-refractivity contribution in [2.24, 2.45) is 50.2 Å². The Morgan fingerprint density at radius 1 is 0.495 bits per heavy atom. The molecule has 0 bridgehead atoms. The number of carbonyl (C=O) groups is 1. The van der Waals surface area contributed by atoms with Gasteiger partial charge < -0.3 is 184 Å². The van der Waals surface area contributed by atoms with Crippen molar-refractivity contribution in [2.75, 3.05) is 59.5 Å². The van der Waals surface area contributed by atoms with Gasteiger partial charge in [-0.05, 0) is 97.7 Å². The van der Waals surface area contributed by atoms with Gasteiger partial charge in [0.2, 0.25) is 6.29 Å². The van der Waals surface area contributed by atoms with E-state index >= 15 is 4.79 Å². The zero-order valence-corrected chi connectivity index (χ0v) is 60.3. The summed E-state index contributed by atoms with van der Waals surface area (Å²) in [6.45, 7) is 5.28. The fraction of sp³-hybridized carbons (Fsp3) is 0.957. The minimum atomic E-state index is -2.10. The lowest BCUT2D eigenvalue weighted by Crippen LogP contribution is -2.71. The van der Waals surface area contributed by atoms with Crippen LogP contribution in [0.2, 0.25) is 0 Å². The van der Waals surface area contributed by atoms with Gasteiger partial charge >= 0.3 is 5.97 Å². The number of fused-ring (bicyclic) bond motifs is 7. The lowest BCUT2D eigenvalue weighted by molar-refractivity contribution is -0.372. The minimum Gasteiger partial charge on any atom is -0.432 e. The molecule has 38 heteroatoms. The highest BCUT2D eigenvalue weighted by Gasteiger charge is 2.74. The molecule has 0 radical (unpaired) electrons. The van der Waals surface area contributed by atoms with Crippen LogP contribution < -0.4 is 0 Å². The molecule has 7 saturated heterocycles. The Kier molecular flexibility index (Phi) is 25.0. The van der Waals surface area contributed by atoms with Gasteiger partial charge in [-0.1, -0.05) is 46.3 Å². The van der Waals surface area contributed by atoms with Crippen LogP contribution in [0, 0.1) is 50.2 Å². The highest BCUT2D eigenvalue weighted by atomic mass is 16.8. The number of rotatable bonds is 20. The Morgan fingerprint density at radius 3 is 1.64 bits per heavy atom. The van der Waals surface area contributed by atoms with Gasteiger partial charge in [0, 0.05) is 5.41 Å². The third-order valence-electron chi connectivity index (χ3n) is 26.8. The lowest BCUT2D eigenvalue weighted by atomic mass is 9.33. The smallest absolute Gasteiger partial charge is 0.317 e. The minimum absolute atomic E-state index is 0.00104. The van der Waals surface area contributed by atoms with Crippen LogP contribution in [0.25, 0.3) is 0 Å². The van der Waals surface area contributed by atoms with Crippen LogP contribution in [0.3, 0.4) is 0 Å². The first-order valence-electron chi connectivity index (χ1n) is 36.9. The number of hydrogen-bond acceptors (Lipinski definition) is 38. The molecule has 12 aliphatic rings. The van der Waals surface area contributed by atoms with Gasteiger partial charge in [-0.25, -0.2) is 0 Å². The fourth-order valence-corrected chi connectivity index (χ4v) is 20.2. The monoisotopic (exact) mass is 1550 g/mol. The second-order valence-electron chi connectivity index (χ2n) is 33.5. The van der Waals surface area contributed by atoms with Gasteiger partial charge in [0.15, 0.2) is 43.8 Å². The van der Waals surface area contributed by atoms with Crippen molar-refractivity contribution in [3.05, 3.63) is 11.6 Å². The van der Waals surface area contributed by atoms with Crippen molar-refractivity contribution >= 4 is 5.97 Å². The number of aliphatic hydroxyl groups is 23. The topological polar surface area (TPSA) is 612 Å². The third kappa shape index (κ3) is 14.4. The molecule has 0 aromatic rings. The van der Waals surface area contributed by atoms with Crippen LogP contribution >= 0.6 is 0 Å². The zero-order valence-electron chi connectivity index (χ0n) is 60.3. The summed E-state index contributed by atoms with van der Waals surface area (Å²) >= 11 is 0. The zero-order chi connectivity index (χ0) is 78.1. The molecule has 616 valence electrons. The maximum atomic E-state index is 15.6. The predicted octanol–water partition coefficient (Wildman–Crippen LogP) is -9.73. The molecular weight excluding hydrogens is 1440 g/mol. The van der Waals surface area contributed by atoms with Gasteiger partial charge in [0.05, 0.1) is 83.9 Å². The fourth-order valence-electron chi connectivity index (χ4n) is 20.2. The van der Waals surface area contributed by atoms with Crippen LogP contribution in [0.15, 0.2) is 11.6 Å². The summed E-state index contributed by atoms with van der Waals surface area (Å²) in [4.78, 5) is 15.6. The van der Waals surface area contributed by atoms with E-state index in [9.17, 15) is 117 Å². The normalized spacial score (nSPS) is 54.0. The summed E-state index contributed by atoms with van der Waals surface area (Å²) in [6, 6.07) is 0. The Labute approximate surface area is 615 Å². The van der Waals surface area contributed by atoms with E-state index in [1.165, 1.54) is 6.92 Å². The number of carbonyl (C=O) groups excluding carboxylic acids is 1. The first kappa shape index (κ1) is 84.2. The van der Waals surface area contributed by atoms with E-state index in [2.05, 4.69) is 26.8 Å². The van der Waals surface area contributed by atoms with Gasteiger partial charge in [-0.3, -0.25) is 4.79 Å². The summed E-state index contributed by atoms with van der Waals surface area (Å²) in [5.74, 6) is -2.64. The molecule has 12 rings (SSSR count). The molecule has 5 aliphatic carbocycles. The van der Waals surface area contributed by atoms with Crippen LogP contribution in [0.5, 0.6) is 0 Å². The molecule has 23 N–H and O–H groups in total. The maximum absolute atomic E-state index is 15.6. The number of hydrogen-bond donors (Lipinski definition) is 23. The number of allylic oxidation sites excluding steroid dienone is 2. The van der Waals surface area contributed by atoms with Gasteiger partial charge in [0.25, 0.3) is 0 Å². The summed E-state index contributed by atoms with van der Waals surface area (Å²) in [5, 5.41) is 255. The van der Waals surface area contributed by atoms with E-state index in [1.807, 2.05) is 13.8 Å². The molecule has 7 heterocycles. The quantitative estimate of drug-likeness (QED) is 0.0306. The van der Waals surface area contributed by atoms with Crippen molar-refractivity contribution in [3.8, 4) is 0 Å². The molecule has 11 fully saturated rings. The van der Waals surface area contributed by atoms with Gasteiger partial charge in [-0.15, -0.1) is 0 Å². The molecule has 38 nitrogen and oxygen atoms in total. The van der Waals surface area contributed by atoms with Gasteiger partial charge in [0.1, 0.15) is 139 Å². The van der Waals surface area contributed by atoms with Crippen molar-refractivity contribution in [2.45, 2.75) is 301 Å². The lowest BCUT2D eigenvalue weighted by Gasteiger charge is -2.72. The van der Waals surface area contributed by atoms with E-state index in [1.54, 1.807) is 0 Å². The summed E-state index contributed by atoms with van der Waals surface area (Å²) < 4.78 is 81.5. The average Bonchev–Trinajstić information content (AvgIpc) is 0.939. The molecule has 7 aliphatic heterocycles. The van der Waals surface area contributed by atoms with E-state index < -0.39 is 318 Å². The molecule has 0 spiro atoms.